The summed E-state index contributed by atoms with van der Waals surface area (Å²) in [7, 11) is 0. The zero-order chi connectivity index (χ0) is 52.7. The smallest absolute Gasteiger partial charge is 0.187 e. The Balaban J connectivity index is 0.919. The maximum Gasteiger partial charge on any atom is 0.187 e. The summed E-state index contributed by atoms with van der Waals surface area (Å²) in [6.45, 7) is 15.9. The van der Waals surface area contributed by atoms with Crippen LogP contribution in [0.1, 0.15) is 107 Å². The third-order valence-electron chi connectivity index (χ3n) is 20.4. The van der Waals surface area contributed by atoms with E-state index in [1.165, 1.54) is 6.92 Å². The lowest BCUT2D eigenvalue weighted by atomic mass is 9.35. The molecule has 418 valence electrons. The predicted molar refractivity (Wildman–Crippen MR) is 250 cm³/mol. The van der Waals surface area contributed by atoms with Gasteiger partial charge in [0.15, 0.2) is 30.9 Å². The van der Waals surface area contributed by atoms with Crippen molar-refractivity contribution in [3.05, 3.63) is 11.6 Å². The first-order chi connectivity index (χ1) is 34.2. The molecule has 2 bridgehead atoms. The van der Waals surface area contributed by atoms with Crippen molar-refractivity contribution in [2.75, 3.05) is 26.4 Å². The molecule has 2 spiro atoms. The lowest BCUT2D eigenvalue weighted by Gasteiger charge is -2.70. The highest BCUT2D eigenvalue weighted by Gasteiger charge is 2.81. The van der Waals surface area contributed by atoms with Crippen molar-refractivity contribution in [1.29, 1.82) is 0 Å². The monoisotopic (exact) mass is 1040 g/mol. The quantitative estimate of drug-likeness (QED) is 0.0967. The van der Waals surface area contributed by atoms with Gasteiger partial charge < -0.3 is 104 Å². The van der Waals surface area contributed by atoms with Gasteiger partial charge in [-0.3, -0.25) is 0 Å². The number of hydrogen-bond donors (Lipinski definition) is 11. The van der Waals surface area contributed by atoms with E-state index in [0.29, 0.717) is 25.4 Å². The summed E-state index contributed by atoms with van der Waals surface area (Å²) in [4.78, 5) is 0. The molecular formula is C52H84O21. The van der Waals surface area contributed by atoms with Crippen LogP contribution in [0.2, 0.25) is 0 Å². The Hall–Kier alpha value is -1.10. The molecule has 0 unspecified atom stereocenters. The molecule has 10 rings (SSSR count). The van der Waals surface area contributed by atoms with Crippen LogP contribution < -0.4 is 0 Å². The van der Waals surface area contributed by atoms with Gasteiger partial charge in [0.25, 0.3) is 0 Å². The van der Waals surface area contributed by atoms with E-state index in [2.05, 4.69) is 47.6 Å². The van der Waals surface area contributed by atoms with E-state index in [1.54, 1.807) is 0 Å². The molecular weight excluding hydrogens is 961 g/mol. The summed E-state index contributed by atoms with van der Waals surface area (Å²) < 4.78 is 63.4. The van der Waals surface area contributed by atoms with Crippen LogP contribution in [0.25, 0.3) is 0 Å². The lowest BCUT2D eigenvalue weighted by Crippen LogP contribution is -2.68. The van der Waals surface area contributed by atoms with Gasteiger partial charge >= 0.3 is 0 Å². The summed E-state index contributed by atoms with van der Waals surface area (Å²) in [5, 5.41) is 121. The Morgan fingerprint density at radius 2 is 1.32 bits per heavy atom. The number of hydrogen-bond acceptors (Lipinski definition) is 21. The van der Waals surface area contributed by atoms with Gasteiger partial charge in [-0.15, -0.1) is 0 Å². The van der Waals surface area contributed by atoms with Crippen molar-refractivity contribution in [3.63, 3.8) is 0 Å². The van der Waals surface area contributed by atoms with E-state index in [1.807, 2.05) is 6.92 Å². The van der Waals surface area contributed by atoms with E-state index in [0.717, 1.165) is 44.1 Å². The number of allylic oxidation sites excluding steroid dienone is 1. The average molecular weight is 1050 g/mol. The molecule has 0 aromatic carbocycles. The average Bonchev–Trinajstić information content (AvgIpc) is 3.85. The van der Waals surface area contributed by atoms with Crippen LogP contribution in [-0.2, 0) is 47.4 Å². The number of aliphatic hydroxyl groups is 11. The summed E-state index contributed by atoms with van der Waals surface area (Å²) in [5.74, 6) is -0.230. The molecule has 10 fully saturated rings. The summed E-state index contributed by atoms with van der Waals surface area (Å²) in [5.41, 5.74) is -0.717. The molecule has 73 heavy (non-hydrogen) atoms. The molecule has 0 radical (unpaired) electrons. The summed E-state index contributed by atoms with van der Waals surface area (Å²) >= 11 is 0. The van der Waals surface area contributed by atoms with Gasteiger partial charge in [-0.1, -0.05) is 39.3 Å². The molecule has 21 nitrogen and oxygen atoms in total. The highest BCUT2D eigenvalue weighted by molar-refractivity contribution is 5.27. The fourth-order valence-corrected chi connectivity index (χ4v) is 16.9. The van der Waals surface area contributed by atoms with Gasteiger partial charge in [0.1, 0.15) is 79.4 Å². The summed E-state index contributed by atoms with van der Waals surface area (Å²) in [6, 6.07) is 0. The van der Waals surface area contributed by atoms with E-state index in [9.17, 15) is 56.2 Å². The van der Waals surface area contributed by atoms with Crippen LogP contribution in [0.3, 0.4) is 0 Å². The minimum Gasteiger partial charge on any atom is -0.394 e. The molecule has 10 aliphatic rings. The van der Waals surface area contributed by atoms with Gasteiger partial charge in [-0.2, -0.15) is 0 Å². The van der Waals surface area contributed by atoms with Crippen molar-refractivity contribution in [1.82, 2.24) is 0 Å². The summed E-state index contributed by atoms with van der Waals surface area (Å²) in [6.07, 6.45) is -20.8. The Kier molecular flexibility index (Phi) is 14.8. The standard InChI is InChI=1S/C52H84O21/c1-22(2)15-24-16-50(8,63)42-25-9-10-30-48(6)13-12-31(47(4,5)29(48)11-14-49(30,7)51(25)20-52(42,73-24)66-21-51)69-45-41(72-44-38(62)35(59)32(56)23(3)67-44)39(27(55)19-65-45)70-46-40(36(60)34(58)28(17-53)68-46)71-43-37(61)33(57)26(54)18-64-43/h15,23-46,53-63H,9-14,16-21H2,1-8H3/t23-,24+,25+,26+,27-,28+,29-,30+,31-,32+,33-,34+,35+,36-,37+,38+,39-,40+,41+,42-,43-,44-,45-,46-,48-,49+,50-,51-,52-/m0/s1. The minimum absolute atomic E-state index is 0.108. The third kappa shape index (κ3) is 8.77. The van der Waals surface area contributed by atoms with E-state index in [-0.39, 0.29) is 46.7 Å². The predicted octanol–water partition coefficient (Wildman–Crippen LogP) is -0.542. The van der Waals surface area contributed by atoms with Gasteiger partial charge in [-0.25, -0.2) is 0 Å². The van der Waals surface area contributed by atoms with Gasteiger partial charge in [0.2, 0.25) is 0 Å². The van der Waals surface area contributed by atoms with Crippen LogP contribution in [-0.4, -0.2) is 217 Å². The molecule has 6 saturated heterocycles. The molecule has 0 aromatic heterocycles. The van der Waals surface area contributed by atoms with Crippen molar-refractivity contribution in [3.8, 4) is 0 Å². The Labute approximate surface area is 426 Å². The molecule has 6 heterocycles. The molecule has 21 heteroatoms. The van der Waals surface area contributed by atoms with Gasteiger partial charge in [0.05, 0.1) is 50.3 Å². The molecule has 11 N–H and O–H groups in total. The number of fused-ring (bicyclic) bond motifs is 4. The molecule has 6 aliphatic heterocycles. The Bertz CT molecular complexity index is 2010. The first-order valence-corrected chi connectivity index (χ1v) is 26.8. The fourth-order valence-electron chi connectivity index (χ4n) is 16.9. The van der Waals surface area contributed by atoms with Crippen LogP contribution >= 0.6 is 0 Å². The third-order valence-corrected chi connectivity index (χ3v) is 20.4. The Morgan fingerprint density at radius 1 is 0.644 bits per heavy atom. The second-order valence-electron chi connectivity index (χ2n) is 25.3. The first-order valence-electron chi connectivity index (χ1n) is 26.8. The van der Waals surface area contributed by atoms with Crippen LogP contribution in [0, 0.1) is 45.3 Å². The van der Waals surface area contributed by atoms with Gasteiger partial charge in [0, 0.05) is 24.2 Å². The topological polar surface area (TPSA) is 315 Å². The second-order valence-corrected chi connectivity index (χ2v) is 25.3. The first kappa shape index (κ1) is 55.2. The largest absolute Gasteiger partial charge is 0.394 e. The maximum atomic E-state index is 12.3. The maximum absolute atomic E-state index is 12.3. The van der Waals surface area contributed by atoms with Crippen LogP contribution in [0.4, 0.5) is 0 Å². The SMILES string of the molecule is CC(C)=C[C@@H]1C[C@](C)(O)[C@@H]2[C@H]3CC[C@@H]4[C@@]5(C)CC[C@H](O[C@@H]6OC[C@H](O)[C@H](O[C@@H]7O[C@H](CO)[C@@H](O)[C@H](O)[C@H]7O[C@@H]7OC[C@@H](O)[C@H](O)[C@H]7O)[C@H]6O[C@@H]6O[C@@H](C)[C@@H](O)[C@@H](O)[C@H]6O)C(C)(C)[C@@H]5CC[C@@]4(C)[C@@]34CO[C@@]2(C4)O1. The number of ether oxygens (including phenoxy) is 10. The van der Waals surface area contributed by atoms with Crippen molar-refractivity contribution >= 4 is 0 Å². The normalized spacial score (nSPS) is 57.5. The second kappa shape index (κ2) is 19.6. The van der Waals surface area contributed by atoms with Crippen LogP contribution in [0.5, 0.6) is 0 Å². The molecule has 0 amide bonds. The number of rotatable bonds is 10. The molecule has 4 aliphatic carbocycles. The molecule has 4 saturated carbocycles. The van der Waals surface area contributed by atoms with E-state index < -0.39 is 147 Å². The zero-order valence-electron chi connectivity index (χ0n) is 43.4. The van der Waals surface area contributed by atoms with E-state index >= 15 is 0 Å². The molecule has 0 aromatic rings. The fraction of sp³-hybridized carbons (Fsp3) is 0.962. The highest BCUT2D eigenvalue weighted by Crippen LogP contribution is 2.80. The van der Waals surface area contributed by atoms with E-state index in [4.69, 9.17) is 47.4 Å². The highest BCUT2D eigenvalue weighted by atomic mass is 16.8. The van der Waals surface area contributed by atoms with Crippen molar-refractivity contribution in [2.45, 2.75) is 241 Å². The minimum atomic E-state index is -1.87. The van der Waals surface area contributed by atoms with Crippen molar-refractivity contribution < 1.29 is 104 Å². The van der Waals surface area contributed by atoms with Crippen LogP contribution in [0.15, 0.2) is 11.6 Å². The lowest BCUT2D eigenvalue weighted by molar-refractivity contribution is -0.399. The van der Waals surface area contributed by atoms with Gasteiger partial charge in [-0.05, 0) is 100 Å². The Morgan fingerprint density at radius 3 is 2.03 bits per heavy atom. The van der Waals surface area contributed by atoms with Crippen molar-refractivity contribution in [2.24, 2.45) is 45.3 Å². The molecule has 29 atom stereocenters. The zero-order valence-corrected chi connectivity index (χ0v) is 43.4. The number of aliphatic hydroxyl groups excluding tert-OH is 10.